The molecule has 0 bridgehead atoms. The van der Waals surface area contributed by atoms with Crippen molar-refractivity contribution in [3.63, 3.8) is 0 Å². The first kappa shape index (κ1) is 12.9. The third kappa shape index (κ3) is 2.08. The number of aryl methyl sites for hydroxylation is 1. The highest BCUT2D eigenvalue weighted by molar-refractivity contribution is 6.30. The maximum absolute atomic E-state index is 12.4. The fourth-order valence-electron chi connectivity index (χ4n) is 2.05. The maximum Gasteiger partial charge on any atom is 0.272 e. The fraction of sp³-hybridized carbons (Fsp3) is 0.385. The van der Waals surface area contributed by atoms with Crippen LogP contribution in [0.3, 0.4) is 0 Å². The van der Waals surface area contributed by atoms with Crippen LogP contribution in [0, 0.1) is 6.92 Å². The molecular weight excluding hydrogens is 250 g/mol. The lowest BCUT2D eigenvalue weighted by atomic mass is 10.3. The number of carbonyl (C=O) groups is 1. The molecule has 4 nitrogen and oxygen atoms in total. The standard InChI is InChI=1S/C13H16ClN3O/c1-4-16(5-2)13(18)12-9(3)15-11-7-6-10(14)8-17(11)12/h6-8H,4-5H2,1-3H3. The minimum atomic E-state index is -0.00716. The molecule has 0 radical (unpaired) electrons. The van der Waals surface area contributed by atoms with Crippen LogP contribution in [0.2, 0.25) is 5.02 Å². The molecule has 0 saturated heterocycles. The third-order valence-electron chi connectivity index (χ3n) is 3.01. The number of fused-ring (bicyclic) bond motifs is 1. The van der Waals surface area contributed by atoms with Gasteiger partial charge in [-0.05, 0) is 32.9 Å². The molecule has 0 saturated carbocycles. The quantitative estimate of drug-likeness (QED) is 0.856. The molecule has 18 heavy (non-hydrogen) atoms. The van der Waals surface area contributed by atoms with E-state index in [0.717, 1.165) is 11.3 Å². The van der Waals surface area contributed by atoms with Gasteiger partial charge in [0, 0.05) is 19.3 Å². The number of nitrogens with zero attached hydrogens (tertiary/aromatic N) is 3. The van der Waals surface area contributed by atoms with Crippen molar-refractivity contribution in [3.8, 4) is 0 Å². The largest absolute Gasteiger partial charge is 0.338 e. The van der Waals surface area contributed by atoms with E-state index in [2.05, 4.69) is 4.98 Å². The molecule has 2 heterocycles. The Morgan fingerprint density at radius 1 is 1.39 bits per heavy atom. The van der Waals surface area contributed by atoms with E-state index in [1.54, 1.807) is 21.6 Å². The maximum atomic E-state index is 12.4. The van der Waals surface area contributed by atoms with E-state index in [0.29, 0.717) is 23.8 Å². The van der Waals surface area contributed by atoms with Crippen LogP contribution in [0.1, 0.15) is 30.0 Å². The Morgan fingerprint density at radius 3 is 2.67 bits per heavy atom. The van der Waals surface area contributed by atoms with Gasteiger partial charge in [0.25, 0.3) is 5.91 Å². The smallest absolute Gasteiger partial charge is 0.272 e. The molecule has 0 fully saturated rings. The van der Waals surface area contributed by atoms with Crippen LogP contribution in [-0.4, -0.2) is 33.3 Å². The topological polar surface area (TPSA) is 37.6 Å². The molecule has 0 N–H and O–H groups in total. The number of hydrogen-bond donors (Lipinski definition) is 0. The summed E-state index contributed by atoms with van der Waals surface area (Å²) in [6.07, 6.45) is 1.73. The number of amides is 1. The van der Waals surface area contributed by atoms with Gasteiger partial charge in [0.05, 0.1) is 10.7 Å². The van der Waals surface area contributed by atoms with Gasteiger partial charge in [-0.3, -0.25) is 9.20 Å². The monoisotopic (exact) mass is 265 g/mol. The van der Waals surface area contributed by atoms with Gasteiger partial charge in [-0.25, -0.2) is 4.98 Å². The lowest BCUT2D eigenvalue weighted by Gasteiger charge is -2.18. The number of hydrogen-bond acceptors (Lipinski definition) is 2. The summed E-state index contributed by atoms with van der Waals surface area (Å²) >= 11 is 5.98. The van der Waals surface area contributed by atoms with Crippen molar-refractivity contribution < 1.29 is 4.79 Å². The summed E-state index contributed by atoms with van der Waals surface area (Å²) < 4.78 is 1.76. The van der Waals surface area contributed by atoms with Gasteiger partial charge >= 0.3 is 0 Å². The van der Waals surface area contributed by atoms with Crippen LogP contribution >= 0.6 is 11.6 Å². The Balaban J connectivity index is 2.59. The lowest BCUT2D eigenvalue weighted by Crippen LogP contribution is -2.31. The van der Waals surface area contributed by atoms with Crippen LogP contribution < -0.4 is 0 Å². The molecule has 96 valence electrons. The zero-order valence-corrected chi connectivity index (χ0v) is 11.5. The minimum Gasteiger partial charge on any atom is -0.338 e. The van der Waals surface area contributed by atoms with Gasteiger partial charge in [0.1, 0.15) is 11.3 Å². The number of aromatic nitrogens is 2. The van der Waals surface area contributed by atoms with E-state index < -0.39 is 0 Å². The average molecular weight is 266 g/mol. The number of halogens is 1. The second kappa shape index (κ2) is 4.98. The van der Waals surface area contributed by atoms with E-state index in [-0.39, 0.29) is 5.91 Å². The second-order valence-electron chi connectivity index (χ2n) is 4.10. The first-order valence-electron chi connectivity index (χ1n) is 6.02. The van der Waals surface area contributed by atoms with E-state index in [4.69, 9.17) is 11.6 Å². The van der Waals surface area contributed by atoms with Crippen molar-refractivity contribution >= 4 is 23.2 Å². The molecule has 2 aromatic heterocycles. The fourth-order valence-corrected chi connectivity index (χ4v) is 2.22. The normalized spacial score (nSPS) is 10.9. The van der Waals surface area contributed by atoms with Crippen LogP contribution in [0.5, 0.6) is 0 Å². The van der Waals surface area contributed by atoms with Crippen LogP contribution in [0.25, 0.3) is 5.65 Å². The SMILES string of the molecule is CCN(CC)C(=O)c1c(C)nc2ccc(Cl)cn12. The third-order valence-corrected chi connectivity index (χ3v) is 3.23. The Labute approximate surface area is 111 Å². The summed E-state index contributed by atoms with van der Waals surface area (Å²) in [7, 11) is 0. The van der Waals surface area contributed by atoms with E-state index >= 15 is 0 Å². The highest BCUT2D eigenvalue weighted by atomic mass is 35.5. The number of imidazole rings is 1. The van der Waals surface area contributed by atoms with Crippen LogP contribution in [0.15, 0.2) is 18.3 Å². The molecule has 0 spiro atoms. The predicted molar refractivity (Wildman–Crippen MR) is 72.2 cm³/mol. The Hall–Kier alpha value is -1.55. The van der Waals surface area contributed by atoms with E-state index in [9.17, 15) is 4.79 Å². The molecule has 0 aliphatic rings. The number of carbonyl (C=O) groups excluding carboxylic acids is 1. The summed E-state index contributed by atoms with van der Waals surface area (Å²) in [4.78, 5) is 18.6. The summed E-state index contributed by atoms with van der Waals surface area (Å²) in [5.41, 5.74) is 2.07. The Morgan fingerprint density at radius 2 is 2.06 bits per heavy atom. The van der Waals surface area contributed by atoms with Crippen molar-refractivity contribution in [2.24, 2.45) is 0 Å². The molecular formula is C13H16ClN3O. The summed E-state index contributed by atoms with van der Waals surface area (Å²) in [5.74, 6) is -0.00716. The second-order valence-corrected chi connectivity index (χ2v) is 4.54. The molecule has 2 rings (SSSR count). The molecule has 5 heteroatoms. The minimum absolute atomic E-state index is 0.00716. The average Bonchev–Trinajstić information content (AvgIpc) is 2.65. The summed E-state index contributed by atoms with van der Waals surface area (Å²) in [6, 6.07) is 3.59. The predicted octanol–water partition coefficient (Wildman–Crippen LogP) is 2.78. The van der Waals surface area contributed by atoms with Crippen LogP contribution in [-0.2, 0) is 0 Å². The van der Waals surface area contributed by atoms with E-state index in [1.807, 2.05) is 26.8 Å². The summed E-state index contributed by atoms with van der Waals surface area (Å²) in [5, 5.41) is 0.591. The highest BCUT2D eigenvalue weighted by Gasteiger charge is 2.20. The van der Waals surface area contributed by atoms with Gasteiger partial charge < -0.3 is 4.90 Å². The van der Waals surface area contributed by atoms with Crippen LogP contribution in [0.4, 0.5) is 0 Å². The molecule has 0 aliphatic heterocycles. The molecule has 0 atom stereocenters. The zero-order valence-electron chi connectivity index (χ0n) is 10.8. The van der Waals surface area contributed by atoms with E-state index in [1.165, 1.54) is 0 Å². The number of rotatable bonds is 3. The Kier molecular flexibility index (Phi) is 3.57. The molecule has 0 unspecified atom stereocenters. The van der Waals surface area contributed by atoms with Crippen molar-refractivity contribution in [1.29, 1.82) is 0 Å². The van der Waals surface area contributed by atoms with Crippen molar-refractivity contribution in [1.82, 2.24) is 14.3 Å². The van der Waals surface area contributed by atoms with Gasteiger partial charge in [0.2, 0.25) is 0 Å². The van der Waals surface area contributed by atoms with Crippen molar-refractivity contribution in [2.45, 2.75) is 20.8 Å². The molecule has 0 aromatic carbocycles. The van der Waals surface area contributed by atoms with Gasteiger partial charge in [0.15, 0.2) is 0 Å². The molecule has 2 aromatic rings. The van der Waals surface area contributed by atoms with Gasteiger partial charge in [-0.2, -0.15) is 0 Å². The van der Waals surface area contributed by atoms with Crippen molar-refractivity contribution in [3.05, 3.63) is 34.7 Å². The van der Waals surface area contributed by atoms with Gasteiger partial charge in [-0.15, -0.1) is 0 Å². The summed E-state index contributed by atoms with van der Waals surface area (Å²) in [6.45, 7) is 7.14. The number of pyridine rings is 1. The zero-order chi connectivity index (χ0) is 13.3. The van der Waals surface area contributed by atoms with Crippen molar-refractivity contribution in [2.75, 3.05) is 13.1 Å². The Bertz CT molecular complexity index is 587. The molecule has 0 aliphatic carbocycles. The first-order chi connectivity index (χ1) is 8.58. The first-order valence-corrected chi connectivity index (χ1v) is 6.39. The lowest BCUT2D eigenvalue weighted by molar-refractivity contribution is 0.0765. The molecule has 1 amide bonds. The van der Waals surface area contributed by atoms with Gasteiger partial charge in [-0.1, -0.05) is 11.6 Å². The highest BCUT2D eigenvalue weighted by Crippen LogP contribution is 2.17.